The third kappa shape index (κ3) is 3.67. The number of halogens is 1. The van der Waals surface area contributed by atoms with Crippen molar-refractivity contribution in [1.82, 2.24) is 5.32 Å². The number of benzene rings is 1. The summed E-state index contributed by atoms with van der Waals surface area (Å²) in [7, 11) is 0. The van der Waals surface area contributed by atoms with Crippen LogP contribution in [0.25, 0.3) is 0 Å². The molecule has 0 heterocycles. The van der Waals surface area contributed by atoms with Crippen LogP contribution in [0.3, 0.4) is 0 Å². The van der Waals surface area contributed by atoms with Gasteiger partial charge in [0.1, 0.15) is 0 Å². The fourth-order valence-electron chi connectivity index (χ4n) is 1.21. The zero-order valence-corrected chi connectivity index (χ0v) is 10.7. The minimum Gasteiger partial charge on any atom is -0.352 e. The normalized spacial score (nSPS) is 10.1. The van der Waals surface area contributed by atoms with Gasteiger partial charge in [-0.3, -0.25) is 4.79 Å². The lowest BCUT2D eigenvalue weighted by Gasteiger charge is -2.05. The Hall–Kier alpha value is -0.830. The van der Waals surface area contributed by atoms with Gasteiger partial charge < -0.3 is 5.32 Å². The molecule has 1 aromatic rings. The lowest BCUT2D eigenvalue weighted by Crippen LogP contribution is -2.24. The highest BCUT2D eigenvalue weighted by atomic mass is 79.9. The first-order valence-electron chi connectivity index (χ1n) is 5.19. The summed E-state index contributed by atoms with van der Waals surface area (Å²) in [4.78, 5) is 11.7. The molecule has 0 unspecified atom stereocenters. The standard InChI is InChI=1S/C12H16BrNO/c1-3-4-7-14-12(15)10-6-5-9(2)11(13)8-10/h5-6,8H,3-4,7H2,1-2H3,(H,14,15). The van der Waals surface area contributed by atoms with Crippen LogP contribution in [-0.2, 0) is 0 Å². The largest absolute Gasteiger partial charge is 0.352 e. The molecular weight excluding hydrogens is 254 g/mol. The predicted octanol–water partition coefficient (Wildman–Crippen LogP) is 3.29. The molecule has 1 rings (SSSR count). The van der Waals surface area contributed by atoms with Crippen LogP contribution in [0.4, 0.5) is 0 Å². The highest BCUT2D eigenvalue weighted by Gasteiger charge is 2.05. The van der Waals surface area contributed by atoms with Gasteiger partial charge in [0.25, 0.3) is 5.91 Å². The van der Waals surface area contributed by atoms with Crippen molar-refractivity contribution in [3.8, 4) is 0 Å². The minimum atomic E-state index is 0.00384. The summed E-state index contributed by atoms with van der Waals surface area (Å²) in [6.45, 7) is 4.86. The topological polar surface area (TPSA) is 29.1 Å². The summed E-state index contributed by atoms with van der Waals surface area (Å²) in [5, 5.41) is 2.89. The van der Waals surface area contributed by atoms with E-state index < -0.39 is 0 Å². The van der Waals surface area contributed by atoms with Gasteiger partial charge in [-0.15, -0.1) is 0 Å². The lowest BCUT2D eigenvalue weighted by atomic mass is 10.1. The van der Waals surface area contributed by atoms with Crippen molar-refractivity contribution in [2.24, 2.45) is 0 Å². The number of rotatable bonds is 4. The molecule has 0 atom stereocenters. The Balaban J connectivity index is 2.62. The summed E-state index contributed by atoms with van der Waals surface area (Å²) < 4.78 is 0.977. The van der Waals surface area contributed by atoms with Crippen LogP contribution in [0, 0.1) is 6.92 Å². The first kappa shape index (κ1) is 12.2. The SMILES string of the molecule is CCCCNC(=O)c1ccc(C)c(Br)c1. The average Bonchev–Trinajstić information content (AvgIpc) is 2.22. The number of aryl methyl sites for hydroxylation is 1. The molecule has 0 saturated carbocycles. The molecule has 0 saturated heterocycles. The summed E-state index contributed by atoms with van der Waals surface area (Å²) >= 11 is 3.42. The van der Waals surface area contributed by atoms with Gasteiger partial charge in [0.05, 0.1) is 0 Å². The molecule has 0 spiro atoms. The Labute approximate surface area is 99.2 Å². The fraction of sp³-hybridized carbons (Fsp3) is 0.417. The van der Waals surface area contributed by atoms with Gasteiger partial charge in [-0.2, -0.15) is 0 Å². The second-order valence-electron chi connectivity index (χ2n) is 3.57. The van der Waals surface area contributed by atoms with Crippen LogP contribution in [0.15, 0.2) is 22.7 Å². The number of nitrogens with one attached hydrogen (secondary N) is 1. The van der Waals surface area contributed by atoms with E-state index in [9.17, 15) is 4.79 Å². The zero-order chi connectivity index (χ0) is 11.3. The van der Waals surface area contributed by atoms with Gasteiger partial charge >= 0.3 is 0 Å². The lowest BCUT2D eigenvalue weighted by molar-refractivity contribution is 0.0953. The number of carbonyl (C=O) groups excluding carboxylic acids is 1. The van der Waals surface area contributed by atoms with Crippen molar-refractivity contribution in [3.05, 3.63) is 33.8 Å². The number of hydrogen-bond acceptors (Lipinski definition) is 1. The predicted molar refractivity (Wildman–Crippen MR) is 66.1 cm³/mol. The van der Waals surface area contributed by atoms with Crippen LogP contribution in [0.2, 0.25) is 0 Å². The van der Waals surface area contributed by atoms with E-state index in [0.29, 0.717) is 5.56 Å². The molecule has 15 heavy (non-hydrogen) atoms. The van der Waals surface area contributed by atoms with Crippen molar-refractivity contribution < 1.29 is 4.79 Å². The highest BCUT2D eigenvalue weighted by molar-refractivity contribution is 9.10. The quantitative estimate of drug-likeness (QED) is 0.836. The van der Waals surface area contributed by atoms with Crippen LogP contribution in [0.5, 0.6) is 0 Å². The molecule has 1 N–H and O–H groups in total. The van der Waals surface area contributed by atoms with Crippen LogP contribution < -0.4 is 5.32 Å². The summed E-state index contributed by atoms with van der Waals surface area (Å²) in [5.74, 6) is 0.00384. The maximum Gasteiger partial charge on any atom is 0.251 e. The van der Waals surface area contributed by atoms with Gasteiger partial charge in [0.15, 0.2) is 0 Å². The second kappa shape index (κ2) is 5.91. The van der Waals surface area contributed by atoms with E-state index in [2.05, 4.69) is 28.2 Å². The molecule has 2 nitrogen and oxygen atoms in total. The second-order valence-corrected chi connectivity index (χ2v) is 4.43. The summed E-state index contributed by atoms with van der Waals surface area (Å²) in [6, 6.07) is 5.65. The smallest absolute Gasteiger partial charge is 0.251 e. The maximum atomic E-state index is 11.7. The Kier molecular flexibility index (Phi) is 4.82. The number of amides is 1. The zero-order valence-electron chi connectivity index (χ0n) is 9.14. The van der Waals surface area contributed by atoms with Gasteiger partial charge in [-0.1, -0.05) is 35.3 Å². The van der Waals surface area contributed by atoms with E-state index in [4.69, 9.17) is 0 Å². The Morgan fingerprint density at radius 2 is 2.20 bits per heavy atom. The van der Waals surface area contributed by atoms with Crippen molar-refractivity contribution in [1.29, 1.82) is 0 Å². The third-order valence-electron chi connectivity index (χ3n) is 2.25. The molecule has 0 aromatic heterocycles. The number of carbonyl (C=O) groups is 1. The van der Waals surface area contributed by atoms with Gasteiger partial charge in [0.2, 0.25) is 0 Å². The minimum absolute atomic E-state index is 0.00384. The van der Waals surface area contributed by atoms with Crippen LogP contribution in [-0.4, -0.2) is 12.5 Å². The third-order valence-corrected chi connectivity index (χ3v) is 3.10. The molecule has 1 aromatic carbocycles. The van der Waals surface area contributed by atoms with Gasteiger partial charge in [-0.25, -0.2) is 0 Å². The molecule has 0 aliphatic carbocycles. The fourth-order valence-corrected chi connectivity index (χ4v) is 1.59. The van der Waals surface area contributed by atoms with E-state index >= 15 is 0 Å². The van der Waals surface area contributed by atoms with Crippen LogP contribution >= 0.6 is 15.9 Å². The van der Waals surface area contributed by atoms with E-state index in [1.54, 1.807) is 0 Å². The van der Waals surface area contributed by atoms with E-state index in [0.717, 1.165) is 29.4 Å². The Morgan fingerprint density at radius 1 is 1.47 bits per heavy atom. The van der Waals surface area contributed by atoms with E-state index in [1.165, 1.54) is 0 Å². The molecule has 0 bridgehead atoms. The summed E-state index contributed by atoms with van der Waals surface area (Å²) in [5.41, 5.74) is 1.85. The molecule has 0 aliphatic heterocycles. The summed E-state index contributed by atoms with van der Waals surface area (Å²) in [6.07, 6.45) is 2.12. The van der Waals surface area contributed by atoms with Gasteiger partial charge in [0, 0.05) is 16.6 Å². The number of hydrogen-bond donors (Lipinski definition) is 1. The van der Waals surface area contributed by atoms with E-state index in [1.807, 2.05) is 25.1 Å². The van der Waals surface area contributed by atoms with Crippen molar-refractivity contribution in [3.63, 3.8) is 0 Å². The Morgan fingerprint density at radius 3 is 2.80 bits per heavy atom. The average molecular weight is 270 g/mol. The Bertz CT molecular complexity index is 349. The van der Waals surface area contributed by atoms with Gasteiger partial charge in [-0.05, 0) is 31.0 Å². The molecular formula is C12H16BrNO. The highest BCUT2D eigenvalue weighted by Crippen LogP contribution is 2.17. The van der Waals surface area contributed by atoms with Crippen LogP contribution in [0.1, 0.15) is 35.7 Å². The first-order chi connectivity index (χ1) is 7.15. The van der Waals surface area contributed by atoms with Crippen molar-refractivity contribution in [2.75, 3.05) is 6.54 Å². The molecule has 1 amide bonds. The van der Waals surface area contributed by atoms with Crippen molar-refractivity contribution in [2.45, 2.75) is 26.7 Å². The molecule has 0 fully saturated rings. The molecule has 0 aliphatic rings. The molecule has 3 heteroatoms. The monoisotopic (exact) mass is 269 g/mol. The first-order valence-corrected chi connectivity index (χ1v) is 5.98. The maximum absolute atomic E-state index is 11.7. The number of unbranched alkanes of at least 4 members (excludes halogenated alkanes) is 1. The van der Waals surface area contributed by atoms with Crippen molar-refractivity contribution >= 4 is 21.8 Å². The van der Waals surface area contributed by atoms with E-state index in [-0.39, 0.29) is 5.91 Å². The molecule has 82 valence electrons. The molecule has 0 radical (unpaired) electrons.